The molecule has 23 heavy (non-hydrogen) atoms. The Hall–Kier alpha value is -2.40. The van der Waals surface area contributed by atoms with Crippen molar-refractivity contribution in [1.29, 1.82) is 0 Å². The van der Waals surface area contributed by atoms with Crippen LogP contribution in [0.5, 0.6) is 0 Å². The molecule has 0 amide bonds. The van der Waals surface area contributed by atoms with Crippen LogP contribution in [0, 0.1) is 0 Å². The number of hydrogen-bond donors (Lipinski definition) is 0. The SMILES string of the molecule is CCn1cc(Br)c(/C=C/C(=O)c2ccc(-n3cccc3)cc2)n1. The largest absolute Gasteiger partial charge is 0.324 e. The van der Waals surface area contributed by atoms with Gasteiger partial charge in [0.1, 0.15) is 0 Å². The van der Waals surface area contributed by atoms with Gasteiger partial charge in [0.05, 0.1) is 10.2 Å². The lowest BCUT2D eigenvalue weighted by atomic mass is 10.1. The predicted octanol–water partition coefficient (Wildman–Crippen LogP) is 4.35. The Kier molecular flexibility index (Phi) is 4.57. The summed E-state index contributed by atoms with van der Waals surface area (Å²) in [5, 5.41) is 4.37. The second-order valence-corrected chi connectivity index (χ2v) is 5.91. The average molecular weight is 370 g/mol. The van der Waals surface area contributed by atoms with Gasteiger partial charge in [0.2, 0.25) is 0 Å². The molecule has 0 aliphatic heterocycles. The van der Waals surface area contributed by atoms with E-state index in [0.717, 1.165) is 22.4 Å². The maximum Gasteiger partial charge on any atom is 0.185 e. The van der Waals surface area contributed by atoms with Crippen molar-refractivity contribution >= 4 is 27.8 Å². The van der Waals surface area contributed by atoms with Crippen molar-refractivity contribution in [3.8, 4) is 5.69 Å². The Balaban J connectivity index is 1.75. The van der Waals surface area contributed by atoms with Crippen LogP contribution >= 0.6 is 15.9 Å². The van der Waals surface area contributed by atoms with Crippen LogP contribution in [-0.4, -0.2) is 20.1 Å². The van der Waals surface area contributed by atoms with Gasteiger partial charge >= 0.3 is 0 Å². The molecule has 116 valence electrons. The van der Waals surface area contributed by atoms with Crippen LogP contribution in [0.1, 0.15) is 23.0 Å². The van der Waals surface area contributed by atoms with Gasteiger partial charge in [0.25, 0.3) is 0 Å². The van der Waals surface area contributed by atoms with Gasteiger partial charge in [0.15, 0.2) is 5.78 Å². The molecule has 2 aromatic heterocycles. The molecule has 1 aromatic carbocycles. The summed E-state index contributed by atoms with van der Waals surface area (Å²) in [6.45, 7) is 2.81. The molecule has 0 bridgehead atoms. The van der Waals surface area contributed by atoms with Gasteiger partial charge in [-0.3, -0.25) is 9.48 Å². The molecule has 0 radical (unpaired) electrons. The van der Waals surface area contributed by atoms with Crippen molar-refractivity contribution in [3.05, 3.63) is 76.8 Å². The second kappa shape index (κ2) is 6.79. The van der Waals surface area contributed by atoms with Gasteiger partial charge in [-0.2, -0.15) is 5.10 Å². The normalized spacial score (nSPS) is 11.2. The first-order valence-electron chi connectivity index (χ1n) is 7.36. The summed E-state index contributed by atoms with van der Waals surface area (Å²) < 4.78 is 4.70. The Morgan fingerprint density at radius 3 is 2.52 bits per heavy atom. The number of carbonyl (C=O) groups is 1. The zero-order chi connectivity index (χ0) is 16.2. The second-order valence-electron chi connectivity index (χ2n) is 5.05. The topological polar surface area (TPSA) is 39.8 Å². The molecule has 0 N–H and O–H groups in total. The molecule has 0 fully saturated rings. The van der Waals surface area contributed by atoms with E-state index in [1.165, 1.54) is 0 Å². The van der Waals surface area contributed by atoms with Crippen LogP contribution in [0.3, 0.4) is 0 Å². The molecule has 0 saturated heterocycles. The first-order valence-corrected chi connectivity index (χ1v) is 8.15. The number of aromatic nitrogens is 3. The lowest BCUT2D eigenvalue weighted by Crippen LogP contribution is -1.96. The molecule has 0 aliphatic carbocycles. The van der Waals surface area contributed by atoms with Crippen molar-refractivity contribution in [1.82, 2.24) is 14.3 Å². The highest BCUT2D eigenvalue weighted by Crippen LogP contribution is 2.17. The van der Waals surface area contributed by atoms with E-state index < -0.39 is 0 Å². The number of benzene rings is 1. The van der Waals surface area contributed by atoms with E-state index in [-0.39, 0.29) is 5.78 Å². The third kappa shape index (κ3) is 3.51. The molecule has 0 unspecified atom stereocenters. The Labute approximate surface area is 143 Å². The monoisotopic (exact) mass is 369 g/mol. The van der Waals surface area contributed by atoms with Gasteiger partial charge < -0.3 is 4.57 Å². The van der Waals surface area contributed by atoms with Crippen molar-refractivity contribution < 1.29 is 4.79 Å². The fourth-order valence-corrected chi connectivity index (χ4v) is 2.69. The van der Waals surface area contributed by atoms with E-state index in [0.29, 0.717) is 5.56 Å². The van der Waals surface area contributed by atoms with E-state index in [1.807, 2.05) is 71.2 Å². The summed E-state index contributed by atoms with van der Waals surface area (Å²) in [5.41, 5.74) is 2.44. The number of carbonyl (C=O) groups excluding carboxylic acids is 1. The number of allylic oxidation sites excluding steroid dienone is 1. The summed E-state index contributed by atoms with van der Waals surface area (Å²) in [4.78, 5) is 12.3. The smallest absolute Gasteiger partial charge is 0.185 e. The van der Waals surface area contributed by atoms with E-state index in [1.54, 1.807) is 12.2 Å². The molecule has 0 aliphatic rings. The third-order valence-corrected chi connectivity index (χ3v) is 4.13. The first kappa shape index (κ1) is 15.5. The van der Waals surface area contributed by atoms with Crippen LogP contribution < -0.4 is 0 Å². The fraction of sp³-hybridized carbons (Fsp3) is 0.111. The van der Waals surface area contributed by atoms with Gasteiger partial charge in [-0.25, -0.2) is 0 Å². The van der Waals surface area contributed by atoms with E-state index in [2.05, 4.69) is 21.0 Å². The van der Waals surface area contributed by atoms with Crippen LogP contribution in [-0.2, 0) is 6.54 Å². The van der Waals surface area contributed by atoms with Crippen LogP contribution in [0.15, 0.2) is 65.5 Å². The molecule has 4 nitrogen and oxygen atoms in total. The minimum Gasteiger partial charge on any atom is -0.324 e. The molecule has 0 spiro atoms. The Bertz CT molecular complexity index is 830. The molecule has 5 heteroatoms. The minimum absolute atomic E-state index is 0.0398. The lowest BCUT2D eigenvalue weighted by molar-refractivity contribution is 0.104. The predicted molar refractivity (Wildman–Crippen MR) is 94.7 cm³/mol. The van der Waals surface area contributed by atoms with Crippen molar-refractivity contribution in [2.75, 3.05) is 0 Å². The van der Waals surface area contributed by atoms with Crippen molar-refractivity contribution in [2.24, 2.45) is 0 Å². The number of hydrogen-bond acceptors (Lipinski definition) is 2. The molecular weight excluding hydrogens is 354 g/mol. The quantitative estimate of drug-likeness (QED) is 0.495. The Morgan fingerprint density at radius 2 is 1.91 bits per heavy atom. The first-order chi connectivity index (χ1) is 11.2. The summed E-state index contributed by atoms with van der Waals surface area (Å²) in [7, 11) is 0. The van der Waals surface area contributed by atoms with Crippen LogP contribution in [0.4, 0.5) is 0 Å². The highest BCUT2D eigenvalue weighted by Gasteiger charge is 2.05. The van der Waals surface area contributed by atoms with E-state index >= 15 is 0 Å². The third-order valence-electron chi connectivity index (χ3n) is 3.51. The van der Waals surface area contributed by atoms with Gasteiger partial charge in [-0.05, 0) is 71.4 Å². The van der Waals surface area contributed by atoms with Crippen LogP contribution in [0.2, 0.25) is 0 Å². The number of rotatable bonds is 5. The molecule has 0 atom stereocenters. The zero-order valence-electron chi connectivity index (χ0n) is 12.7. The minimum atomic E-state index is -0.0398. The van der Waals surface area contributed by atoms with E-state index in [9.17, 15) is 4.79 Å². The number of halogens is 1. The van der Waals surface area contributed by atoms with Crippen molar-refractivity contribution in [2.45, 2.75) is 13.5 Å². The zero-order valence-corrected chi connectivity index (χ0v) is 14.3. The highest BCUT2D eigenvalue weighted by atomic mass is 79.9. The van der Waals surface area contributed by atoms with Crippen molar-refractivity contribution in [3.63, 3.8) is 0 Å². The van der Waals surface area contributed by atoms with E-state index in [4.69, 9.17) is 0 Å². The molecule has 3 aromatic rings. The Morgan fingerprint density at radius 1 is 1.22 bits per heavy atom. The fourth-order valence-electron chi connectivity index (χ4n) is 2.24. The molecule has 0 saturated carbocycles. The summed E-state index contributed by atoms with van der Waals surface area (Å²) in [6, 6.07) is 11.5. The number of ketones is 1. The van der Waals surface area contributed by atoms with Crippen LogP contribution in [0.25, 0.3) is 11.8 Å². The number of nitrogens with zero attached hydrogens (tertiary/aromatic N) is 3. The maximum atomic E-state index is 12.3. The average Bonchev–Trinajstić information content (AvgIpc) is 3.22. The maximum absolute atomic E-state index is 12.3. The molecule has 3 rings (SSSR count). The van der Waals surface area contributed by atoms with Gasteiger partial charge in [0, 0.05) is 36.4 Å². The molecule has 2 heterocycles. The van der Waals surface area contributed by atoms with Gasteiger partial charge in [-0.1, -0.05) is 0 Å². The lowest BCUT2D eigenvalue weighted by Gasteiger charge is -2.03. The standard InChI is InChI=1S/C18H16BrN3O/c1-2-22-13-16(19)17(20-22)9-10-18(23)14-5-7-15(8-6-14)21-11-3-4-12-21/h3-13H,2H2,1H3/b10-9+. The van der Waals surface area contributed by atoms with Gasteiger partial charge in [-0.15, -0.1) is 0 Å². The highest BCUT2D eigenvalue weighted by molar-refractivity contribution is 9.10. The summed E-state index contributed by atoms with van der Waals surface area (Å²) in [6.07, 6.45) is 9.13. The number of aryl methyl sites for hydroxylation is 1. The summed E-state index contributed by atoms with van der Waals surface area (Å²) >= 11 is 3.45. The summed E-state index contributed by atoms with van der Waals surface area (Å²) in [5.74, 6) is -0.0398. The molecular formula is C18H16BrN3O.